The van der Waals surface area contributed by atoms with E-state index in [0.29, 0.717) is 0 Å². The van der Waals surface area contributed by atoms with Crippen molar-refractivity contribution in [2.75, 3.05) is 0 Å². The largest absolute Gasteiger partial charge is 0.309 e. The Labute approximate surface area is 313 Å². The molecule has 0 N–H and O–H groups in total. The maximum atomic E-state index is 2.44. The molecule has 0 aliphatic rings. The highest BCUT2D eigenvalue weighted by atomic mass is 15.0. The number of aromatic nitrogens is 2. The van der Waals surface area contributed by atoms with Crippen LogP contribution in [0.15, 0.2) is 206 Å². The third-order valence-electron chi connectivity index (χ3n) is 11.1. The Morgan fingerprint density at radius 3 is 1.67 bits per heavy atom. The zero-order valence-electron chi connectivity index (χ0n) is 29.5. The lowest BCUT2D eigenvalue weighted by molar-refractivity contribution is 1.18. The summed E-state index contributed by atoms with van der Waals surface area (Å²) < 4.78 is 4.83. The summed E-state index contributed by atoms with van der Waals surface area (Å²) in [5.41, 5.74) is 14.5. The van der Waals surface area contributed by atoms with Gasteiger partial charge in [-0.3, -0.25) is 0 Å². The van der Waals surface area contributed by atoms with Gasteiger partial charge in [0.05, 0.1) is 27.8 Å². The smallest absolute Gasteiger partial charge is 0.0547 e. The fraction of sp³-hybridized carbons (Fsp3) is 0. The van der Waals surface area contributed by atoms with Gasteiger partial charge in [0.1, 0.15) is 0 Å². The minimum atomic E-state index is 1.17. The van der Waals surface area contributed by atoms with Crippen molar-refractivity contribution in [3.63, 3.8) is 0 Å². The molecule has 2 nitrogen and oxygen atoms in total. The first-order valence-corrected chi connectivity index (χ1v) is 18.6. The highest BCUT2D eigenvalue weighted by molar-refractivity contribution is 6.16. The summed E-state index contributed by atoms with van der Waals surface area (Å²) in [5, 5.41) is 7.56. The van der Waals surface area contributed by atoms with Gasteiger partial charge in [0.2, 0.25) is 0 Å². The van der Waals surface area contributed by atoms with Gasteiger partial charge in [-0.15, -0.1) is 0 Å². The predicted octanol–water partition coefficient (Wildman–Crippen LogP) is 14.0. The van der Waals surface area contributed by atoms with Crippen molar-refractivity contribution in [2.45, 2.75) is 0 Å². The van der Waals surface area contributed by atoms with Crippen LogP contribution in [0.4, 0.5) is 0 Å². The number of hydrogen-bond acceptors (Lipinski definition) is 0. The monoisotopic (exact) mass is 686 g/mol. The van der Waals surface area contributed by atoms with Gasteiger partial charge in [-0.2, -0.15) is 0 Å². The molecule has 0 saturated heterocycles. The molecule has 11 rings (SSSR count). The van der Waals surface area contributed by atoms with Crippen molar-refractivity contribution >= 4 is 54.4 Å². The van der Waals surface area contributed by atoms with Crippen molar-refractivity contribution in [3.8, 4) is 44.8 Å². The molecule has 0 bridgehead atoms. The number of nitrogens with zero attached hydrogens (tertiary/aromatic N) is 2. The highest BCUT2D eigenvalue weighted by Gasteiger charge is 2.18. The van der Waals surface area contributed by atoms with Crippen LogP contribution in [0.5, 0.6) is 0 Å². The molecule has 54 heavy (non-hydrogen) atoms. The van der Waals surface area contributed by atoms with Gasteiger partial charge in [0.15, 0.2) is 0 Å². The summed E-state index contributed by atoms with van der Waals surface area (Å²) in [6.45, 7) is 0. The molecule has 0 unspecified atom stereocenters. The average molecular weight is 687 g/mol. The molecule has 252 valence electrons. The molecular formula is C52H34N2. The van der Waals surface area contributed by atoms with Crippen molar-refractivity contribution < 1.29 is 0 Å². The minimum absolute atomic E-state index is 1.17. The molecule has 11 aromatic rings. The van der Waals surface area contributed by atoms with E-state index in [9.17, 15) is 0 Å². The third-order valence-corrected chi connectivity index (χ3v) is 11.1. The average Bonchev–Trinajstić information content (AvgIpc) is 3.76. The fourth-order valence-corrected chi connectivity index (χ4v) is 8.64. The second kappa shape index (κ2) is 12.2. The van der Waals surface area contributed by atoms with Crippen molar-refractivity contribution in [1.82, 2.24) is 9.13 Å². The fourth-order valence-electron chi connectivity index (χ4n) is 8.64. The van der Waals surface area contributed by atoms with Crippen LogP contribution in [0.25, 0.3) is 99.1 Å². The van der Waals surface area contributed by atoms with Gasteiger partial charge < -0.3 is 9.13 Å². The third kappa shape index (κ3) is 4.74. The van der Waals surface area contributed by atoms with Gasteiger partial charge in [-0.25, -0.2) is 0 Å². The van der Waals surface area contributed by atoms with Crippen LogP contribution in [0.1, 0.15) is 0 Å². The Bertz CT molecular complexity index is 3200. The Kier molecular flexibility index (Phi) is 6.90. The van der Waals surface area contributed by atoms with Gasteiger partial charge in [0, 0.05) is 32.8 Å². The van der Waals surface area contributed by atoms with Crippen molar-refractivity contribution in [2.24, 2.45) is 0 Å². The Morgan fingerprint density at radius 2 is 0.833 bits per heavy atom. The van der Waals surface area contributed by atoms with Gasteiger partial charge >= 0.3 is 0 Å². The zero-order valence-corrected chi connectivity index (χ0v) is 29.5. The molecule has 0 atom stereocenters. The van der Waals surface area contributed by atoms with Crippen LogP contribution in [-0.4, -0.2) is 9.13 Å². The topological polar surface area (TPSA) is 9.86 Å². The van der Waals surface area contributed by atoms with E-state index in [1.165, 1.54) is 99.1 Å². The molecule has 9 aromatic carbocycles. The van der Waals surface area contributed by atoms with E-state index in [4.69, 9.17) is 0 Å². The van der Waals surface area contributed by atoms with E-state index in [1.54, 1.807) is 0 Å². The number of rotatable bonds is 5. The SMILES string of the molecule is c1ccc(-n2c3ccccc3c3c(-c4ccc(-c5ccccc5-n5c6ccccc6c6cc(-c7ccc8ccccc8c7)ccc65)cc4)cccc32)cc1. The molecule has 0 spiro atoms. The Balaban J connectivity index is 1.04. The number of para-hydroxylation sites is 4. The molecule has 0 amide bonds. The summed E-state index contributed by atoms with van der Waals surface area (Å²) in [6.07, 6.45) is 0. The van der Waals surface area contributed by atoms with E-state index in [2.05, 4.69) is 215 Å². The van der Waals surface area contributed by atoms with E-state index < -0.39 is 0 Å². The van der Waals surface area contributed by atoms with Crippen molar-refractivity contribution in [1.29, 1.82) is 0 Å². The molecule has 0 aliphatic carbocycles. The molecule has 2 heteroatoms. The number of hydrogen-bond donors (Lipinski definition) is 0. The van der Waals surface area contributed by atoms with E-state index >= 15 is 0 Å². The van der Waals surface area contributed by atoms with Gasteiger partial charge in [-0.1, -0.05) is 152 Å². The minimum Gasteiger partial charge on any atom is -0.309 e. The molecule has 0 aliphatic heterocycles. The second-order valence-electron chi connectivity index (χ2n) is 14.1. The van der Waals surface area contributed by atoms with E-state index in [-0.39, 0.29) is 0 Å². The summed E-state index contributed by atoms with van der Waals surface area (Å²) in [6, 6.07) is 75.2. The lowest BCUT2D eigenvalue weighted by atomic mass is 9.96. The summed E-state index contributed by atoms with van der Waals surface area (Å²) in [4.78, 5) is 0. The Hall–Kier alpha value is -7.16. The predicted molar refractivity (Wildman–Crippen MR) is 229 cm³/mol. The van der Waals surface area contributed by atoms with E-state index in [0.717, 1.165) is 0 Å². The first kappa shape index (κ1) is 30.5. The maximum Gasteiger partial charge on any atom is 0.0547 e. The van der Waals surface area contributed by atoms with Crippen LogP contribution in [0.3, 0.4) is 0 Å². The zero-order chi connectivity index (χ0) is 35.6. The number of benzene rings is 9. The quantitative estimate of drug-likeness (QED) is 0.171. The van der Waals surface area contributed by atoms with Gasteiger partial charge in [0.25, 0.3) is 0 Å². The van der Waals surface area contributed by atoms with Crippen LogP contribution < -0.4 is 0 Å². The lowest BCUT2D eigenvalue weighted by Crippen LogP contribution is -1.97. The molecular weight excluding hydrogens is 653 g/mol. The van der Waals surface area contributed by atoms with Crippen LogP contribution >= 0.6 is 0 Å². The number of fused-ring (bicyclic) bond motifs is 7. The summed E-state index contributed by atoms with van der Waals surface area (Å²) >= 11 is 0. The van der Waals surface area contributed by atoms with Crippen LogP contribution in [0.2, 0.25) is 0 Å². The Morgan fingerprint density at radius 1 is 0.278 bits per heavy atom. The molecule has 0 fully saturated rings. The standard InChI is InChI=1S/C52H34N2/c1-2-15-41(16-3-1)53-49-23-11-8-19-45(49)52-43(20-12-24-51(52)53)37-28-26-36(27-29-37)42-17-6-9-21-47(42)54-48-22-10-7-18-44(48)46-34-40(31-32-50(46)54)39-30-25-35-13-4-5-14-38(35)33-39/h1-34H. The van der Waals surface area contributed by atoms with Crippen LogP contribution in [0, 0.1) is 0 Å². The molecule has 2 aromatic heterocycles. The van der Waals surface area contributed by atoms with Crippen molar-refractivity contribution in [3.05, 3.63) is 206 Å². The summed E-state index contributed by atoms with van der Waals surface area (Å²) in [5.74, 6) is 0. The first-order chi connectivity index (χ1) is 26.8. The molecule has 0 saturated carbocycles. The first-order valence-electron chi connectivity index (χ1n) is 18.6. The maximum absolute atomic E-state index is 2.44. The molecule has 2 heterocycles. The van der Waals surface area contributed by atoms with Crippen LogP contribution in [-0.2, 0) is 0 Å². The normalized spacial score (nSPS) is 11.7. The van der Waals surface area contributed by atoms with E-state index in [1.807, 2.05) is 0 Å². The van der Waals surface area contributed by atoms with Gasteiger partial charge in [-0.05, 0) is 93.2 Å². The second-order valence-corrected chi connectivity index (χ2v) is 14.1. The lowest BCUT2D eigenvalue weighted by Gasteiger charge is -2.15. The highest BCUT2D eigenvalue weighted by Crippen LogP contribution is 2.41. The summed E-state index contributed by atoms with van der Waals surface area (Å²) in [7, 11) is 0. The molecule has 0 radical (unpaired) electrons.